The minimum atomic E-state index is 0. The molecule has 0 unspecified atom stereocenters. The molecule has 4 heteroatoms. The average molecular weight is 277 g/mol. The first-order valence-electron chi connectivity index (χ1n) is 0. The molecule has 0 aromatic rings. The van der Waals surface area contributed by atoms with Crippen LogP contribution in [0.15, 0.2) is 0 Å². The normalized spacial score (nSPS) is 0. The summed E-state index contributed by atoms with van der Waals surface area (Å²) in [4.78, 5) is 0. The fourth-order valence-electron chi connectivity index (χ4n) is 0. The van der Waals surface area contributed by atoms with Gasteiger partial charge in [-0.1, -0.05) is 0 Å². The predicted molar refractivity (Wildman–Crippen MR) is 5.75 cm³/mol. The van der Waals surface area contributed by atoms with Gasteiger partial charge in [0.25, 0.3) is 0 Å². The minimum absolute atomic E-state index is 0. The van der Waals surface area contributed by atoms with Crippen molar-refractivity contribution in [2.75, 3.05) is 0 Å². The molecule has 0 rings (SSSR count). The van der Waals surface area contributed by atoms with E-state index in [1.165, 1.54) is 0 Å². The molecule has 0 atom stereocenters. The second-order valence-corrected chi connectivity index (χ2v) is 0. The van der Waals surface area contributed by atoms with Crippen LogP contribution in [0.2, 0.25) is 0 Å². The van der Waals surface area contributed by atoms with Gasteiger partial charge in [-0.25, -0.2) is 0 Å². The van der Waals surface area contributed by atoms with Gasteiger partial charge in [0.2, 0.25) is 0 Å². The zero-order valence-corrected chi connectivity index (χ0v) is 8.40. The van der Waals surface area contributed by atoms with Crippen LogP contribution < -0.4 is 0 Å². The molecule has 0 aromatic heterocycles. The van der Waals surface area contributed by atoms with E-state index in [4.69, 9.17) is 0 Å². The first-order valence-corrected chi connectivity index (χ1v) is 0. The summed E-state index contributed by atoms with van der Waals surface area (Å²) in [5.41, 5.74) is 0. The van der Waals surface area contributed by atoms with Gasteiger partial charge in [0.15, 0.2) is 0 Å². The molecule has 0 amide bonds. The van der Waals surface area contributed by atoms with Crippen LogP contribution in [0, 0.1) is 0 Å². The molecule has 4 heavy (non-hydrogen) atoms. The maximum atomic E-state index is 0. The Kier molecular flexibility index (Phi) is 138. The second kappa shape index (κ2) is 17.7. The third kappa shape index (κ3) is 8.82. The summed E-state index contributed by atoms with van der Waals surface area (Å²) in [7, 11) is 0. The number of hydrogen-bond acceptors (Lipinski definition) is 0. The fourth-order valence-corrected chi connectivity index (χ4v) is 0. The second-order valence-electron chi connectivity index (χ2n) is 0. The van der Waals surface area contributed by atoms with Crippen LogP contribution in [0.3, 0.4) is 0 Å². The van der Waals surface area contributed by atoms with Crippen LogP contribution in [0.5, 0.6) is 0 Å². The standard InChI is InChI=1S/Cr.Ni.Sn.Ti. The molecule has 0 bridgehead atoms. The Morgan fingerprint density at radius 2 is 1.00 bits per heavy atom. The average Bonchev–Trinajstić information content (AvgIpc) is 0. The Balaban J connectivity index is 0. The predicted octanol–water partition coefficient (Wildman–Crippen LogP) is -0.388. The number of hydrogen-bond donors (Lipinski definition) is 0. The minimum Gasteiger partial charge on any atom is 0 e. The molecule has 0 nitrogen and oxygen atoms in total. The van der Waals surface area contributed by atoms with Crippen molar-refractivity contribution >= 4 is 23.9 Å². The molecule has 0 aliphatic heterocycles. The van der Waals surface area contributed by atoms with Crippen LogP contribution in [0.4, 0.5) is 0 Å². The topological polar surface area (TPSA) is 0 Å². The molecule has 0 aliphatic rings. The summed E-state index contributed by atoms with van der Waals surface area (Å²) in [5, 5.41) is 0. The van der Waals surface area contributed by atoms with E-state index in [2.05, 4.69) is 0 Å². The molecule has 0 aliphatic carbocycles. The summed E-state index contributed by atoms with van der Waals surface area (Å²) in [5.74, 6) is 0. The SMILES string of the molecule is [Cr].[Ni].[Sn].[Ti]. The molecule has 0 aromatic carbocycles. The van der Waals surface area contributed by atoms with E-state index in [0.717, 1.165) is 0 Å². The largest absolute Gasteiger partial charge is 0 e. The molecule has 0 spiro atoms. The quantitative estimate of drug-likeness (QED) is 0.529. The van der Waals surface area contributed by atoms with E-state index in [0.29, 0.717) is 0 Å². The third-order valence-electron chi connectivity index (χ3n) is 0. The van der Waals surface area contributed by atoms with E-state index >= 15 is 0 Å². The zero-order chi connectivity index (χ0) is 0. The molecule has 24 valence electrons. The van der Waals surface area contributed by atoms with Gasteiger partial charge in [-0.05, 0) is 0 Å². The van der Waals surface area contributed by atoms with Crippen LogP contribution >= 0.6 is 0 Å². The van der Waals surface area contributed by atoms with Gasteiger partial charge in [-0.15, -0.1) is 0 Å². The van der Waals surface area contributed by atoms with Gasteiger partial charge in [-0.2, -0.15) is 0 Å². The van der Waals surface area contributed by atoms with Crippen molar-refractivity contribution in [3.8, 4) is 0 Å². The van der Waals surface area contributed by atoms with E-state index in [9.17, 15) is 0 Å². The molecule has 0 fully saturated rings. The van der Waals surface area contributed by atoms with Crippen molar-refractivity contribution in [2.45, 2.75) is 0 Å². The van der Waals surface area contributed by atoms with E-state index in [1.807, 2.05) is 0 Å². The van der Waals surface area contributed by atoms with Gasteiger partial charge in [-0.3, -0.25) is 0 Å². The van der Waals surface area contributed by atoms with Crippen LogP contribution in [-0.2, 0) is 55.6 Å². The van der Waals surface area contributed by atoms with Gasteiger partial charge in [0.05, 0.1) is 0 Å². The molecular formula is CrNiSnTi. The third-order valence-corrected chi connectivity index (χ3v) is 0. The summed E-state index contributed by atoms with van der Waals surface area (Å²) >= 11 is 0. The van der Waals surface area contributed by atoms with E-state index in [1.54, 1.807) is 0 Å². The molecule has 0 saturated carbocycles. The van der Waals surface area contributed by atoms with Crippen LogP contribution in [0.25, 0.3) is 0 Å². The Morgan fingerprint density at radius 1 is 1.00 bits per heavy atom. The van der Waals surface area contributed by atoms with Gasteiger partial charge >= 0.3 is 0 Å². The van der Waals surface area contributed by atoms with Crippen molar-refractivity contribution in [1.82, 2.24) is 0 Å². The Morgan fingerprint density at radius 3 is 1.00 bits per heavy atom. The monoisotopic (exact) mass is 278 g/mol. The zero-order valence-electron chi connectivity index (χ0n) is 1.72. The Bertz CT molecular complexity index is 8.00. The van der Waals surface area contributed by atoms with Gasteiger partial charge in [0.1, 0.15) is 0 Å². The first-order chi connectivity index (χ1) is 0. The van der Waals surface area contributed by atoms with Gasteiger partial charge in [0, 0.05) is 79.5 Å². The summed E-state index contributed by atoms with van der Waals surface area (Å²) < 4.78 is 0. The van der Waals surface area contributed by atoms with Crippen molar-refractivity contribution < 1.29 is 55.6 Å². The fraction of sp³-hybridized carbons (Fsp3) is 0. The maximum Gasteiger partial charge on any atom is 0 e. The maximum absolute atomic E-state index is 0. The molecule has 4 radical (unpaired) electrons. The van der Waals surface area contributed by atoms with Crippen LogP contribution in [-0.4, -0.2) is 23.9 Å². The first kappa shape index (κ1) is 31.1. The van der Waals surface area contributed by atoms with Crippen molar-refractivity contribution in [1.29, 1.82) is 0 Å². The van der Waals surface area contributed by atoms with Gasteiger partial charge < -0.3 is 0 Å². The Labute approximate surface area is 78.4 Å². The van der Waals surface area contributed by atoms with Crippen molar-refractivity contribution in [2.24, 2.45) is 0 Å². The summed E-state index contributed by atoms with van der Waals surface area (Å²) in [6, 6.07) is 0. The molecular weight excluding hydrogens is 277 g/mol. The molecule has 0 saturated heterocycles. The molecule has 0 heterocycles. The van der Waals surface area contributed by atoms with E-state index in [-0.39, 0.29) is 79.5 Å². The number of rotatable bonds is 0. The van der Waals surface area contributed by atoms with Crippen molar-refractivity contribution in [3.05, 3.63) is 0 Å². The summed E-state index contributed by atoms with van der Waals surface area (Å²) in [6.07, 6.45) is 0. The smallest absolute Gasteiger partial charge is 0 e. The molecule has 0 N–H and O–H groups in total. The van der Waals surface area contributed by atoms with Crippen molar-refractivity contribution in [3.63, 3.8) is 0 Å². The van der Waals surface area contributed by atoms with Crippen LogP contribution in [0.1, 0.15) is 0 Å². The Hall–Kier alpha value is 2.54. The summed E-state index contributed by atoms with van der Waals surface area (Å²) in [6.45, 7) is 0. The van der Waals surface area contributed by atoms with E-state index < -0.39 is 0 Å².